The molecule has 0 unspecified atom stereocenters. The molecule has 1 aromatic carbocycles. The normalized spacial score (nSPS) is 10.9. The van der Waals surface area contributed by atoms with E-state index in [0.717, 1.165) is 24.3 Å². The molecule has 2 rings (SSSR count). The van der Waals surface area contributed by atoms with Gasteiger partial charge in [0.15, 0.2) is 0 Å². The summed E-state index contributed by atoms with van der Waals surface area (Å²) in [5.41, 5.74) is 0.878. The highest BCUT2D eigenvalue weighted by Gasteiger charge is 2.00. The fraction of sp³-hybridized carbons (Fsp3) is 0.333. The summed E-state index contributed by atoms with van der Waals surface area (Å²) in [5, 5.41) is 3.38. The minimum absolute atomic E-state index is 0.153. The summed E-state index contributed by atoms with van der Waals surface area (Å²) < 4.78 is 23.8. The predicted octanol–water partition coefficient (Wildman–Crippen LogP) is 3.77. The summed E-state index contributed by atoms with van der Waals surface area (Å²) in [6, 6.07) is 8.55. The third-order valence-corrected chi connectivity index (χ3v) is 3.09. The summed E-state index contributed by atoms with van der Waals surface area (Å²) >= 11 is 5.62. The van der Waals surface area contributed by atoms with Gasteiger partial charge in [0, 0.05) is 13.2 Å². The first-order chi connectivity index (χ1) is 9.75. The molecule has 0 radical (unpaired) electrons. The molecule has 1 heterocycles. The molecule has 2 aromatic rings. The van der Waals surface area contributed by atoms with E-state index in [1.54, 1.807) is 12.3 Å². The zero-order valence-corrected chi connectivity index (χ0v) is 11.8. The van der Waals surface area contributed by atoms with Gasteiger partial charge in [0.1, 0.15) is 18.2 Å². The van der Waals surface area contributed by atoms with E-state index in [4.69, 9.17) is 20.8 Å². The number of hydrogen-bond donors (Lipinski definition) is 1. The van der Waals surface area contributed by atoms with E-state index in [-0.39, 0.29) is 10.8 Å². The van der Waals surface area contributed by atoms with Gasteiger partial charge in [-0.1, -0.05) is 17.7 Å². The Morgan fingerprint density at radius 3 is 2.95 bits per heavy atom. The van der Waals surface area contributed by atoms with Gasteiger partial charge in [-0.3, -0.25) is 0 Å². The molecular weight excluding hydrogens is 281 g/mol. The average molecular weight is 298 g/mol. The second-order valence-electron chi connectivity index (χ2n) is 4.41. The summed E-state index contributed by atoms with van der Waals surface area (Å²) in [6.07, 6.45) is 2.52. The smallest absolute Gasteiger partial charge is 0.142 e. The van der Waals surface area contributed by atoms with Gasteiger partial charge in [-0.05, 0) is 42.8 Å². The summed E-state index contributed by atoms with van der Waals surface area (Å²) in [6.45, 7) is 2.58. The first-order valence-electron chi connectivity index (χ1n) is 6.50. The van der Waals surface area contributed by atoms with Crippen LogP contribution >= 0.6 is 11.6 Å². The number of ether oxygens (including phenoxy) is 1. The third-order valence-electron chi connectivity index (χ3n) is 2.78. The number of rotatable bonds is 8. The fourth-order valence-corrected chi connectivity index (χ4v) is 1.87. The predicted molar refractivity (Wildman–Crippen MR) is 76.1 cm³/mol. The Kier molecular flexibility index (Phi) is 6.05. The molecule has 0 saturated carbocycles. The molecule has 0 spiro atoms. The van der Waals surface area contributed by atoms with Gasteiger partial charge in [0.2, 0.25) is 0 Å². The van der Waals surface area contributed by atoms with Gasteiger partial charge >= 0.3 is 0 Å². The summed E-state index contributed by atoms with van der Waals surface area (Å²) in [4.78, 5) is 0. The Balaban J connectivity index is 1.54. The topological polar surface area (TPSA) is 34.4 Å². The van der Waals surface area contributed by atoms with Crippen LogP contribution in [0.1, 0.15) is 17.7 Å². The highest BCUT2D eigenvalue weighted by molar-refractivity contribution is 6.30. The van der Waals surface area contributed by atoms with Crippen molar-refractivity contribution in [3.05, 3.63) is 58.8 Å². The number of halogens is 2. The van der Waals surface area contributed by atoms with Gasteiger partial charge in [-0.2, -0.15) is 0 Å². The SMILES string of the molecule is Fc1cc(CNCCCOCc2ccco2)ccc1Cl. The fourth-order valence-electron chi connectivity index (χ4n) is 1.75. The minimum atomic E-state index is -0.382. The standard InChI is InChI=1S/C15H17ClFNO2/c16-14-5-4-12(9-15(14)17)10-18-6-2-7-19-11-13-3-1-8-20-13/h1,3-5,8-9,18H,2,6-7,10-11H2. The largest absolute Gasteiger partial charge is 0.467 e. The zero-order chi connectivity index (χ0) is 14.2. The van der Waals surface area contributed by atoms with Crippen LogP contribution in [0.2, 0.25) is 5.02 Å². The van der Waals surface area contributed by atoms with Gasteiger partial charge in [0.25, 0.3) is 0 Å². The second kappa shape index (κ2) is 8.04. The molecule has 5 heteroatoms. The molecule has 0 amide bonds. The molecule has 1 aromatic heterocycles. The summed E-state index contributed by atoms with van der Waals surface area (Å²) in [5.74, 6) is 0.447. The Labute approximate surface area is 122 Å². The Morgan fingerprint density at radius 1 is 1.30 bits per heavy atom. The van der Waals surface area contributed by atoms with Crippen molar-refractivity contribution < 1.29 is 13.5 Å². The lowest BCUT2D eigenvalue weighted by atomic mass is 10.2. The Hall–Kier alpha value is -1.36. The van der Waals surface area contributed by atoms with E-state index in [0.29, 0.717) is 19.8 Å². The molecule has 1 N–H and O–H groups in total. The van der Waals surface area contributed by atoms with Gasteiger partial charge in [-0.25, -0.2) is 4.39 Å². The monoisotopic (exact) mass is 297 g/mol. The molecule has 0 aliphatic heterocycles. The molecule has 0 saturated heterocycles. The molecule has 0 bridgehead atoms. The maximum absolute atomic E-state index is 13.2. The zero-order valence-electron chi connectivity index (χ0n) is 11.1. The van der Waals surface area contributed by atoms with Crippen molar-refractivity contribution in [2.24, 2.45) is 0 Å². The number of benzene rings is 1. The van der Waals surface area contributed by atoms with E-state index in [2.05, 4.69) is 5.32 Å². The second-order valence-corrected chi connectivity index (χ2v) is 4.82. The molecule has 3 nitrogen and oxygen atoms in total. The van der Waals surface area contributed by atoms with E-state index in [1.807, 2.05) is 18.2 Å². The van der Waals surface area contributed by atoms with Crippen LogP contribution in [-0.4, -0.2) is 13.2 Å². The third kappa shape index (κ3) is 4.96. The molecule has 20 heavy (non-hydrogen) atoms. The highest BCUT2D eigenvalue weighted by atomic mass is 35.5. The first kappa shape index (κ1) is 15.0. The Morgan fingerprint density at radius 2 is 2.20 bits per heavy atom. The van der Waals surface area contributed by atoms with Crippen molar-refractivity contribution in [2.75, 3.05) is 13.2 Å². The average Bonchev–Trinajstić information content (AvgIpc) is 2.95. The molecule has 108 valence electrons. The van der Waals surface area contributed by atoms with Crippen LogP contribution in [0.3, 0.4) is 0 Å². The van der Waals surface area contributed by atoms with Crippen molar-refractivity contribution in [1.29, 1.82) is 0 Å². The first-order valence-corrected chi connectivity index (χ1v) is 6.88. The van der Waals surface area contributed by atoms with Gasteiger partial charge < -0.3 is 14.5 Å². The Bertz CT molecular complexity index is 517. The summed E-state index contributed by atoms with van der Waals surface area (Å²) in [7, 11) is 0. The molecule has 0 atom stereocenters. The minimum Gasteiger partial charge on any atom is -0.467 e. The van der Waals surface area contributed by atoms with Crippen LogP contribution in [0.5, 0.6) is 0 Å². The van der Waals surface area contributed by atoms with Crippen LogP contribution in [-0.2, 0) is 17.9 Å². The van der Waals surface area contributed by atoms with Crippen LogP contribution in [0.15, 0.2) is 41.0 Å². The van der Waals surface area contributed by atoms with E-state index in [1.165, 1.54) is 6.07 Å². The van der Waals surface area contributed by atoms with E-state index >= 15 is 0 Å². The lowest BCUT2D eigenvalue weighted by Crippen LogP contribution is -2.16. The van der Waals surface area contributed by atoms with Crippen molar-refractivity contribution >= 4 is 11.6 Å². The van der Waals surface area contributed by atoms with Crippen LogP contribution in [0, 0.1) is 5.82 Å². The quantitative estimate of drug-likeness (QED) is 0.753. The van der Waals surface area contributed by atoms with Gasteiger partial charge in [-0.15, -0.1) is 0 Å². The van der Waals surface area contributed by atoms with E-state index < -0.39 is 0 Å². The maximum Gasteiger partial charge on any atom is 0.142 e. The highest BCUT2D eigenvalue weighted by Crippen LogP contribution is 2.15. The van der Waals surface area contributed by atoms with Crippen molar-refractivity contribution in [2.45, 2.75) is 19.6 Å². The van der Waals surface area contributed by atoms with Crippen molar-refractivity contribution in [3.63, 3.8) is 0 Å². The van der Waals surface area contributed by atoms with Gasteiger partial charge in [0.05, 0.1) is 11.3 Å². The maximum atomic E-state index is 13.2. The van der Waals surface area contributed by atoms with E-state index in [9.17, 15) is 4.39 Å². The molecule has 0 aliphatic rings. The molecule has 0 aliphatic carbocycles. The van der Waals surface area contributed by atoms with Crippen LogP contribution in [0.25, 0.3) is 0 Å². The molecule has 0 fully saturated rings. The van der Waals surface area contributed by atoms with Crippen LogP contribution < -0.4 is 5.32 Å². The molecular formula is C15H17ClFNO2. The number of furan rings is 1. The van der Waals surface area contributed by atoms with Crippen molar-refractivity contribution in [3.8, 4) is 0 Å². The lowest BCUT2D eigenvalue weighted by Gasteiger charge is -2.06. The lowest BCUT2D eigenvalue weighted by molar-refractivity contribution is 0.104. The van der Waals surface area contributed by atoms with Crippen molar-refractivity contribution in [1.82, 2.24) is 5.32 Å². The van der Waals surface area contributed by atoms with Crippen LogP contribution in [0.4, 0.5) is 4.39 Å². The number of nitrogens with one attached hydrogen (secondary N) is 1. The number of hydrogen-bond acceptors (Lipinski definition) is 3.